The maximum atomic E-state index is 9.08. The molecule has 0 bridgehead atoms. The monoisotopic (exact) mass is 251 g/mol. The van der Waals surface area contributed by atoms with Crippen LogP contribution in [0.15, 0.2) is 42.6 Å². The summed E-state index contributed by atoms with van der Waals surface area (Å²) in [5, 5.41) is 9.94. The van der Waals surface area contributed by atoms with Crippen molar-refractivity contribution in [3.63, 3.8) is 0 Å². The van der Waals surface area contributed by atoms with Crippen LogP contribution in [0.2, 0.25) is 0 Å². The molecule has 3 nitrogen and oxygen atoms in total. The Bertz CT molecular complexity index is 754. The lowest BCUT2D eigenvalue weighted by Crippen LogP contribution is -1.90. The Morgan fingerprint density at radius 3 is 2.72 bits per heavy atom. The number of anilines is 1. The second-order valence-electron chi connectivity index (χ2n) is 3.89. The Morgan fingerprint density at radius 2 is 2.00 bits per heavy atom. The van der Waals surface area contributed by atoms with E-state index in [1.165, 1.54) is 6.20 Å². The fourth-order valence-electron chi connectivity index (χ4n) is 1.87. The van der Waals surface area contributed by atoms with Gasteiger partial charge in [-0.1, -0.05) is 30.3 Å². The van der Waals surface area contributed by atoms with E-state index in [0.29, 0.717) is 11.4 Å². The van der Waals surface area contributed by atoms with Crippen molar-refractivity contribution in [3.05, 3.63) is 48.2 Å². The maximum absolute atomic E-state index is 9.08. The van der Waals surface area contributed by atoms with Gasteiger partial charge in [-0.05, 0) is 11.6 Å². The highest BCUT2D eigenvalue weighted by Gasteiger charge is 2.11. The molecule has 0 atom stereocenters. The molecule has 0 spiro atoms. The predicted molar refractivity (Wildman–Crippen MR) is 74.2 cm³/mol. The third kappa shape index (κ3) is 1.62. The van der Waals surface area contributed by atoms with Crippen LogP contribution in [-0.4, -0.2) is 4.98 Å². The molecule has 0 aliphatic heterocycles. The summed E-state index contributed by atoms with van der Waals surface area (Å²) in [5.41, 5.74) is 7.56. The summed E-state index contributed by atoms with van der Waals surface area (Å²) >= 11 is 1.57. The molecule has 3 aromatic rings. The third-order valence-electron chi connectivity index (χ3n) is 2.76. The van der Waals surface area contributed by atoms with Crippen LogP contribution in [0.3, 0.4) is 0 Å². The minimum atomic E-state index is 0.474. The lowest BCUT2D eigenvalue weighted by Gasteiger charge is -1.94. The van der Waals surface area contributed by atoms with Gasteiger partial charge in [-0.15, -0.1) is 11.3 Å². The van der Waals surface area contributed by atoms with Crippen LogP contribution in [0.4, 0.5) is 5.82 Å². The van der Waals surface area contributed by atoms with Crippen molar-refractivity contribution in [2.75, 3.05) is 5.73 Å². The van der Waals surface area contributed by atoms with Crippen LogP contribution in [0.25, 0.3) is 20.5 Å². The van der Waals surface area contributed by atoms with Crippen LogP contribution in [0.1, 0.15) is 5.56 Å². The van der Waals surface area contributed by atoms with Crippen molar-refractivity contribution in [3.8, 4) is 16.5 Å². The normalized spacial score (nSPS) is 10.4. The Balaban J connectivity index is 2.30. The van der Waals surface area contributed by atoms with Gasteiger partial charge in [0.2, 0.25) is 0 Å². The molecule has 18 heavy (non-hydrogen) atoms. The number of thiophene rings is 1. The van der Waals surface area contributed by atoms with E-state index in [9.17, 15) is 0 Å². The molecule has 0 saturated carbocycles. The molecule has 4 heteroatoms. The van der Waals surface area contributed by atoms with Gasteiger partial charge in [0.25, 0.3) is 0 Å². The van der Waals surface area contributed by atoms with Gasteiger partial charge >= 0.3 is 0 Å². The summed E-state index contributed by atoms with van der Waals surface area (Å²) in [7, 11) is 0. The van der Waals surface area contributed by atoms with Gasteiger partial charge < -0.3 is 5.73 Å². The number of pyridine rings is 1. The van der Waals surface area contributed by atoms with Gasteiger partial charge in [0.1, 0.15) is 11.9 Å². The number of hydrogen-bond donors (Lipinski definition) is 1. The molecule has 3 rings (SSSR count). The minimum Gasteiger partial charge on any atom is -0.383 e. The fraction of sp³-hybridized carbons (Fsp3) is 0. The number of benzene rings is 1. The van der Waals surface area contributed by atoms with Gasteiger partial charge in [-0.2, -0.15) is 5.26 Å². The van der Waals surface area contributed by atoms with Crippen molar-refractivity contribution >= 4 is 27.2 Å². The van der Waals surface area contributed by atoms with E-state index in [-0.39, 0.29) is 0 Å². The van der Waals surface area contributed by atoms with Crippen molar-refractivity contribution in [1.29, 1.82) is 5.26 Å². The number of nitrogens with two attached hydrogens (primary N) is 1. The van der Waals surface area contributed by atoms with Gasteiger partial charge in [0.15, 0.2) is 0 Å². The summed E-state index contributed by atoms with van der Waals surface area (Å²) in [5.74, 6) is 0.474. The van der Waals surface area contributed by atoms with E-state index in [0.717, 1.165) is 20.5 Å². The SMILES string of the molecule is N#Cc1cnc(N)c2cc(-c3ccccc3)sc12. The first-order valence-corrected chi connectivity index (χ1v) is 6.25. The zero-order valence-electron chi connectivity index (χ0n) is 9.42. The largest absolute Gasteiger partial charge is 0.383 e. The minimum absolute atomic E-state index is 0.474. The molecule has 2 heterocycles. The molecule has 0 amide bonds. The summed E-state index contributed by atoms with van der Waals surface area (Å²) in [6.07, 6.45) is 1.53. The second kappa shape index (κ2) is 4.13. The topological polar surface area (TPSA) is 62.7 Å². The summed E-state index contributed by atoms with van der Waals surface area (Å²) in [6, 6.07) is 14.2. The Kier molecular flexibility index (Phi) is 2.47. The second-order valence-corrected chi connectivity index (χ2v) is 4.94. The molecule has 0 saturated heterocycles. The third-order valence-corrected chi connectivity index (χ3v) is 3.98. The van der Waals surface area contributed by atoms with Crippen molar-refractivity contribution in [1.82, 2.24) is 4.98 Å². The van der Waals surface area contributed by atoms with Crippen LogP contribution in [0, 0.1) is 11.3 Å². The van der Waals surface area contributed by atoms with Crippen molar-refractivity contribution in [2.45, 2.75) is 0 Å². The Hall–Kier alpha value is -2.38. The number of nitrogen functional groups attached to an aromatic ring is 1. The number of rotatable bonds is 1. The van der Waals surface area contributed by atoms with Gasteiger partial charge in [-0.25, -0.2) is 4.98 Å². The smallest absolute Gasteiger partial charge is 0.132 e. The van der Waals surface area contributed by atoms with Crippen LogP contribution in [0.5, 0.6) is 0 Å². The van der Waals surface area contributed by atoms with Crippen LogP contribution >= 0.6 is 11.3 Å². The summed E-state index contributed by atoms with van der Waals surface area (Å²) in [4.78, 5) is 5.15. The quantitative estimate of drug-likeness (QED) is 0.720. The van der Waals surface area contributed by atoms with E-state index >= 15 is 0 Å². The lowest BCUT2D eigenvalue weighted by molar-refractivity contribution is 1.35. The zero-order valence-corrected chi connectivity index (χ0v) is 10.2. The molecular weight excluding hydrogens is 242 g/mol. The van der Waals surface area contributed by atoms with E-state index in [1.807, 2.05) is 36.4 Å². The first-order chi connectivity index (χ1) is 8.79. The number of fused-ring (bicyclic) bond motifs is 1. The van der Waals surface area contributed by atoms with Crippen molar-refractivity contribution < 1.29 is 0 Å². The van der Waals surface area contributed by atoms with Gasteiger partial charge in [0, 0.05) is 16.5 Å². The average molecular weight is 251 g/mol. The molecule has 86 valence electrons. The molecule has 1 aromatic carbocycles. The van der Waals surface area contributed by atoms with Crippen LogP contribution in [-0.2, 0) is 0 Å². The Labute approximate surface area is 108 Å². The first kappa shape index (κ1) is 10.8. The van der Waals surface area contributed by atoms with E-state index in [1.54, 1.807) is 11.3 Å². The Morgan fingerprint density at radius 1 is 1.22 bits per heavy atom. The first-order valence-electron chi connectivity index (χ1n) is 5.43. The lowest BCUT2D eigenvalue weighted by atomic mass is 10.1. The average Bonchev–Trinajstić information content (AvgIpc) is 2.86. The fourth-order valence-corrected chi connectivity index (χ4v) is 3.00. The van der Waals surface area contributed by atoms with E-state index in [2.05, 4.69) is 11.1 Å². The van der Waals surface area contributed by atoms with Crippen molar-refractivity contribution in [2.24, 2.45) is 0 Å². The van der Waals surface area contributed by atoms with E-state index in [4.69, 9.17) is 11.0 Å². The molecular formula is C14H9N3S. The van der Waals surface area contributed by atoms with Crippen LogP contribution < -0.4 is 5.73 Å². The molecule has 2 N–H and O–H groups in total. The molecule has 2 aromatic heterocycles. The maximum Gasteiger partial charge on any atom is 0.132 e. The highest BCUT2D eigenvalue weighted by Crippen LogP contribution is 2.36. The number of aromatic nitrogens is 1. The van der Waals surface area contributed by atoms with Gasteiger partial charge in [-0.3, -0.25) is 0 Å². The standard InChI is InChI=1S/C14H9N3S/c15-7-10-8-17-14(16)11-6-12(18-13(10)11)9-4-2-1-3-5-9/h1-6,8H,(H2,16,17). The number of nitrogens with zero attached hydrogens (tertiary/aromatic N) is 2. The number of nitriles is 1. The highest BCUT2D eigenvalue weighted by atomic mass is 32.1. The highest BCUT2D eigenvalue weighted by molar-refractivity contribution is 7.22. The molecule has 0 radical (unpaired) electrons. The summed E-state index contributed by atoms with van der Waals surface area (Å²) < 4.78 is 0.906. The zero-order chi connectivity index (χ0) is 12.5. The summed E-state index contributed by atoms with van der Waals surface area (Å²) in [6.45, 7) is 0. The molecule has 0 aliphatic rings. The molecule has 0 unspecified atom stereocenters. The number of hydrogen-bond acceptors (Lipinski definition) is 4. The predicted octanol–water partition coefficient (Wildman–Crippen LogP) is 3.42. The molecule has 0 aliphatic carbocycles. The molecule has 0 fully saturated rings. The van der Waals surface area contributed by atoms with Gasteiger partial charge in [0.05, 0.1) is 10.3 Å². The van der Waals surface area contributed by atoms with E-state index < -0.39 is 0 Å².